The summed E-state index contributed by atoms with van der Waals surface area (Å²) in [5.74, 6) is 1.66. The van der Waals surface area contributed by atoms with Gasteiger partial charge in [0.2, 0.25) is 0 Å². The standard InChI is InChI=1S/C23H19N5O3S/c1-31-21-14-17(9-10-18(21)23-24-11-12-25-23)32(29,30)28-16-6-4-5-15(13-16)22-26-19-7-2-3-8-20(19)27-22/h2-14,28H,1H3,(H,24,25)(H,26,27). The number of ether oxygens (including phenoxy) is 1. The number of hydrogen-bond acceptors (Lipinski definition) is 5. The number of sulfonamides is 1. The third kappa shape index (κ3) is 3.69. The minimum atomic E-state index is -3.85. The number of hydrogen-bond donors (Lipinski definition) is 3. The van der Waals surface area contributed by atoms with Crippen LogP contribution in [0, 0.1) is 0 Å². The number of methoxy groups -OCH3 is 1. The molecule has 0 atom stereocenters. The van der Waals surface area contributed by atoms with Gasteiger partial charge < -0.3 is 14.7 Å². The van der Waals surface area contributed by atoms with Crippen LogP contribution in [0.1, 0.15) is 0 Å². The Morgan fingerprint density at radius 1 is 0.969 bits per heavy atom. The topological polar surface area (TPSA) is 113 Å². The van der Waals surface area contributed by atoms with Crippen molar-refractivity contribution in [2.75, 3.05) is 11.8 Å². The van der Waals surface area contributed by atoms with Crippen LogP contribution in [0.5, 0.6) is 5.75 Å². The average Bonchev–Trinajstić information content (AvgIpc) is 3.48. The van der Waals surface area contributed by atoms with Crippen LogP contribution >= 0.6 is 0 Å². The number of aromatic nitrogens is 4. The Hall–Kier alpha value is -4.11. The van der Waals surface area contributed by atoms with Gasteiger partial charge in [0.15, 0.2) is 0 Å². The number of aromatic amines is 2. The number of nitrogens with one attached hydrogen (secondary N) is 3. The van der Waals surface area contributed by atoms with E-state index in [-0.39, 0.29) is 4.90 Å². The maximum Gasteiger partial charge on any atom is 0.262 e. The first kappa shape index (κ1) is 19.8. The monoisotopic (exact) mass is 445 g/mol. The average molecular weight is 446 g/mol. The second kappa shape index (κ2) is 7.86. The molecular formula is C23H19N5O3S. The van der Waals surface area contributed by atoms with E-state index in [4.69, 9.17) is 4.74 Å². The maximum absolute atomic E-state index is 13.0. The van der Waals surface area contributed by atoms with Gasteiger partial charge in [-0.25, -0.2) is 18.4 Å². The molecule has 0 unspecified atom stereocenters. The van der Waals surface area contributed by atoms with Crippen LogP contribution in [0.25, 0.3) is 33.8 Å². The lowest BCUT2D eigenvalue weighted by Gasteiger charge is -2.12. The van der Waals surface area contributed by atoms with Crippen molar-refractivity contribution in [3.05, 3.63) is 79.1 Å². The van der Waals surface area contributed by atoms with E-state index in [1.165, 1.54) is 19.2 Å². The van der Waals surface area contributed by atoms with E-state index >= 15 is 0 Å². The van der Waals surface area contributed by atoms with E-state index in [0.717, 1.165) is 16.6 Å². The highest BCUT2D eigenvalue weighted by atomic mass is 32.2. The van der Waals surface area contributed by atoms with Gasteiger partial charge in [0.25, 0.3) is 10.0 Å². The molecular weight excluding hydrogens is 426 g/mol. The molecule has 0 spiro atoms. The Morgan fingerprint density at radius 2 is 1.84 bits per heavy atom. The maximum atomic E-state index is 13.0. The van der Waals surface area contributed by atoms with Gasteiger partial charge >= 0.3 is 0 Å². The van der Waals surface area contributed by atoms with Crippen LogP contribution in [-0.4, -0.2) is 35.5 Å². The Bertz CT molecular complexity index is 1470. The highest BCUT2D eigenvalue weighted by molar-refractivity contribution is 7.92. The van der Waals surface area contributed by atoms with Crippen molar-refractivity contribution in [2.45, 2.75) is 4.90 Å². The van der Waals surface area contributed by atoms with E-state index in [1.807, 2.05) is 30.3 Å². The molecule has 32 heavy (non-hydrogen) atoms. The summed E-state index contributed by atoms with van der Waals surface area (Å²) in [4.78, 5) is 15.1. The summed E-state index contributed by atoms with van der Waals surface area (Å²) >= 11 is 0. The lowest BCUT2D eigenvalue weighted by atomic mass is 10.2. The Morgan fingerprint density at radius 3 is 2.62 bits per heavy atom. The number of para-hydroxylation sites is 2. The molecule has 0 bridgehead atoms. The summed E-state index contributed by atoms with van der Waals surface area (Å²) in [5, 5.41) is 0. The number of rotatable bonds is 6. The summed E-state index contributed by atoms with van der Waals surface area (Å²) in [6, 6.07) is 19.5. The minimum absolute atomic E-state index is 0.0822. The number of fused-ring (bicyclic) bond motifs is 1. The molecule has 5 rings (SSSR count). The molecule has 2 aromatic heterocycles. The second-order valence-electron chi connectivity index (χ2n) is 7.09. The zero-order valence-electron chi connectivity index (χ0n) is 17.0. The molecule has 0 saturated heterocycles. The molecule has 3 aromatic carbocycles. The molecule has 0 fully saturated rings. The van der Waals surface area contributed by atoms with E-state index in [2.05, 4.69) is 24.7 Å². The fourth-order valence-corrected chi connectivity index (χ4v) is 4.54. The third-order valence-corrected chi connectivity index (χ3v) is 6.39. The molecule has 9 heteroatoms. The van der Waals surface area contributed by atoms with Crippen LogP contribution in [-0.2, 0) is 10.0 Å². The predicted octanol–water partition coefficient (Wildman–Crippen LogP) is 4.43. The van der Waals surface area contributed by atoms with Crippen molar-refractivity contribution < 1.29 is 13.2 Å². The summed E-state index contributed by atoms with van der Waals surface area (Å²) in [5.41, 5.74) is 3.63. The van der Waals surface area contributed by atoms with Crippen molar-refractivity contribution in [2.24, 2.45) is 0 Å². The van der Waals surface area contributed by atoms with E-state index < -0.39 is 10.0 Å². The second-order valence-corrected chi connectivity index (χ2v) is 8.77. The van der Waals surface area contributed by atoms with Crippen LogP contribution in [0.3, 0.4) is 0 Å². The summed E-state index contributed by atoms with van der Waals surface area (Å²) in [6.07, 6.45) is 3.31. The molecule has 0 saturated carbocycles. The molecule has 0 aliphatic rings. The van der Waals surface area contributed by atoms with Gasteiger partial charge in [0.1, 0.15) is 17.4 Å². The SMILES string of the molecule is COc1cc(S(=O)(=O)Nc2cccc(-c3nc4ccccc4[nH]3)c2)ccc1-c1ncc[nH]1. The molecule has 2 heterocycles. The van der Waals surface area contributed by atoms with E-state index in [1.54, 1.807) is 36.7 Å². The highest BCUT2D eigenvalue weighted by Crippen LogP contribution is 2.31. The Balaban J connectivity index is 1.45. The van der Waals surface area contributed by atoms with Crippen molar-refractivity contribution in [1.29, 1.82) is 0 Å². The smallest absolute Gasteiger partial charge is 0.262 e. The largest absolute Gasteiger partial charge is 0.496 e. The third-order valence-electron chi connectivity index (χ3n) is 5.01. The van der Waals surface area contributed by atoms with Crippen LogP contribution < -0.4 is 9.46 Å². The van der Waals surface area contributed by atoms with Crippen LogP contribution in [0.2, 0.25) is 0 Å². The van der Waals surface area contributed by atoms with Gasteiger partial charge in [-0.15, -0.1) is 0 Å². The first-order valence-electron chi connectivity index (χ1n) is 9.79. The number of anilines is 1. The van der Waals surface area contributed by atoms with E-state index in [0.29, 0.717) is 28.6 Å². The van der Waals surface area contributed by atoms with Gasteiger partial charge in [0.05, 0.1) is 28.6 Å². The van der Waals surface area contributed by atoms with Gasteiger partial charge in [-0.3, -0.25) is 4.72 Å². The summed E-state index contributed by atoms with van der Waals surface area (Å²) in [7, 11) is -2.36. The molecule has 0 aliphatic carbocycles. The molecule has 160 valence electrons. The van der Waals surface area contributed by atoms with Gasteiger partial charge in [-0.1, -0.05) is 24.3 Å². The fourth-order valence-electron chi connectivity index (χ4n) is 3.48. The summed E-state index contributed by atoms with van der Waals surface area (Å²) in [6.45, 7) is 0. The Labute approximate surface area is 184 Å². The quantitative estimate of drug-likeness (QED) is 0.358. The lowest BCUT2D eigenvalue weighted by molar-refractivity contribution is 0.415. The zero-order chi connectivity index (χ0) is 22.1. The molecule has 3 N–H and O–H groups in total. The number of benzene rings is 3. The first-order valence-corrected chi connectivity index (χ1v) is 11.3. The molecule has 8 nitrogen and oxygen atoms in total. The van der Waals surface area contributed by atoms with Crippen molar-refractivity contribution in [3.63, 3.8) is 0 Å². The van der Waals surface area contributed by atoms with Crippen LogP contribution in [0.4, 0.5) is 5.69 Å². The molecule has 0 amide bonds. The normalized spacial score (nSPS) is 11.5. The zero-order valence-corrected chi connectivity index (χ0v) is 17.8. The van der Waals surface area contributed by atoms with Crippen molar-refractivity contribution in [1.82, 2.24) is 19.9 Å². The van der Waals surface area contributed by atoms with Crippen molar-refractivity contribution in [3.8, 4) is 28.5 Å². The van der Waals surface area contributed by atoms with Crippen molar-refractivity contribution >= 4 is 26.7 Å². The minimum Gasteiger partial charge on any atom is -0.496 e. The number of imidazole rings is 2. The van der Waals surface area contributed by atoms with E-state index in [9.17, 15) is 8.42 Å². The number of nitrogens with zero attached hydrogens (tertiary/aromatic N) is 2. The van der Waals surface area contributed by atoms with Gasteiger partial charge in [-0.2, -0.15) is 0 Å². The molecule has 0 radical (unpaired) electrons. The fraction of sp³-hybridized carbons (Fsp3) is 0.0435. The highest BCUT2D eigenvalue weighted by Gasteiger charge is 2.19. The van der Waals surface area contributed by atoms with Gasteiger partial charge in [-0.05, 0) is 36.4 Å². The summed E-state index contributed by atoms with van der Waals surface area (Å²) < 4.78 is 34.1. The predicted molar refractivity (Wildman–Crippen MR) is 123 cm³/mol. The van der Waals surface area contributed by atoms with Crippen LogP contribution in [0.15, 0.2) is 84.0 Å². The molecule has 0 aliphatic heterocycles. The lowest BCUT2D eigenvalue weighted by Crippen LogP contribution is -2.13. The van der Waals surface area contributed by atoms with Gasteiger partial charge in [0, 0.05) is 29.7 Å². The molecule has 5 aromatic rings. The first-order chi connectivity index (χ1) is 15.5. The Kier molecular flexibility index (Phi) is 4.87. The number of H-pyrrole nitrogens is 2.